The first-order valence-corrected chi connectivity index (χ1v) is 10.5. The number of rotatable bonds is 8. The van der Waals surface area contributed by atoms with Gasteiger partial charge in [-0.15, -0.1) is 0 Å². The zero-order valence-electron chi connectivity index (χ0n) is 17.4. The average molecular weight is 510 g/mol. The van der Waals surface area contributed by atoms with Crippen molar-refractivity contribution in [3.63, 3.8) is 0 Å². The van der Waals surface area contributed by atoms with Crippen LogP contribution in [0.2, 0.25) is 0 Å². The summed E-state index contributed by atoms with van der Waals surface area (Å²) < 4.78 is 16.7. The number of ether oxygens (including phenoxy) is 3. The maximum Gasteiger partial charge on any atom is 0.276 e. The van der Waals surface area contributed by atoms with Crippen LogP contribution in [-0.2, 0) is 9.53 Å². The summed E-state index contributed by atoms with van der Waals surface area (Å²) in [5, 5.41) is 2.42. The van der Waals surface area contributed by atoms with Crippen LogP contribution in [0.1, 0.15) is 21.5 Å². The van der Waals surface area contributed by atoms with Crippen LogP contribution in [0.4, 0.5) is 0 Å². The molecule has 31 heavy (non-hydrogen) atoms. The van der Waals surface area contributed by atoms with Crippen molar-refractivity contribution in [3.8, 4) is 11.5 Å². The van der Waals surface area contributed by atoms with Crippen LogP contribution >= 0.6 is 28.1 Å². The number of methoxy groups -OCH3 is 1. The van der Waals surface area contributed by atoms with Gasteiger partial charge in [-0.25, -0.2) is 0 Å². The van der Waals surface area contributed by atoms with Gasteiger partial charge in [-0.05, 0) is 67.5 Å². The number of amides is 2. The summed E-state index contributed by atoms with van der Waals surface area (Å²) in [6.07, 6.45) is 0. The molecule has 166 valence electrons. The minimum Gasteiger partial charge on any atom is -0.490 e. The summed E-state index contributed by atoms with van der Waals surface area (Å²) in [4.78, 5) is 24.6. The molecule has 0 saturated carbocycles. The van der Waals surface area contributed by atoms with Gasteiger partial charge in [0.2, 0.25) is 0 Å². The highest BCUT2D eigenvalue weighted by molar-refractivity contribution is 9.10. The summed E-state index contributed by atoms with van der Waals surface area (Å²) in [6.45, 7) is 4.35. The normalized spacial score (nSPS) is 10.2. The minimum atomic E-state index is -0.494. The number of halogens is 1. The summed E-state index contributed by atoms with van der Waals surface area (Å²) in [7, 11) is 1.56. The summed E-state index contributed by atoms with van der Waals surface area (Å²) in [5.74, 6) is 0.0272. The van der Waals surface area contributed by atoms with Crippen molar-refractivity contribution in [2.45, 2.75) is 13.8 Å². The fourth-order valence-electron chi connectivity index (χ4n) is 2.57. The van der Waals surface area contributed by atoms with E-state index in [4.69, 9.17) is 26.4 Å². The third-order valence-electron chi connectivity index (χ3n) is 3.84. The maximum atomic E-state index is 12.6. The van der Waals surface area contributed by atoms with E-state index in [0.717, 1.165) is 11.1 Å². The lowest BCUT2D eigenvalue weighted by Crippen LogP contribution is -2.49. The Labute approximate surface area is 194 Å². The van der Waals surface area contributed by atoms with E-state index in [9.17, 15) is 9.59 Å². The molecule has 0 aliphatic heterocycles. The van der Waals surface area contributed by atoms with E-state index in [1.54, 1.807) is 25.3 Å². The van der Waals surface area contributed by atoms with Gasteiger partial charge in [0.05, 0.1) is 12.2 Å². The van der Waals surface area contributed by atoms with Crippen molar-refractivity contribution in [1.29, 1.82) is 0 Å². The number of hydrazine groups is 1. The first-order chi connectivity index (χ1) is 14.8. The van der Waals surface area contributed by atoms with Gasteiger partial charge in [-0.1, -0.05) is 22.0 Å². The zero-order chi connectivity index (χ0) is 22.8. The molecule has 3 N–H and O–H groups in total. The number of aryl methyl sites for hydroxylation is 2. The van der Waals surface area contributed by atoms with Crippen LogP contribution < -0.4 is 25.6 Å². The largest absolute Gasteiger partial charge is 0.490 e. The first-order valence-electron chi connectivity index (χ1n) is 9.31. The molecule has 0 heterocycles. The Hall–Kier alpha value is -2.69. The Bertz CT molecular complexity index is 934. The fourth-order valence-corrected chi connectivity index (χ4v) is 3.07. The highest BCUT2D eigenvalue weighted by atomic mass is 79.9. The second kappa shape index (κ2) is 12.2. The molecule has 0 unspecified atom stereocenters. The Kier molecular flexibility index (Phi) is 9.70. The molecule has 0 saturated heterocycles. The lowest BCUT2D eigenvalue weighted by atomic mass is 10.1. The lowest BCUT2D eigenvalue weighted by Gasteiger charge is -2.14. The Morgan fingerprint density at radius 1 is 1.00 bits per heavy atom. The highest BCUT2D eigenvalue weighted by Crippen LogP contribution is 2.23. The molecule has 0 spiro atoms. The molecule has 10 heteroatoms. The quantitative estimate of drug-likeness (QED) is 0.286. The highest BCUT2D eigenvalue weighted by Gasteiger charge is 2.15. The molecule has 2 amide bonds. The number of hydrogen-bond donors (Lipinski definition) is 3. The summed E-state index contributed by atoms with van der Waals surface area (Å²) >= 11 is 8.40. The van der Waals surface area contributed by atoms with E-state index in [1.807, 2.05) is 32.0 Å². The molecule has 0 aromatic heterocycles. The maximum absolute atomic E-state index is 12.6. The van der Waals surface area contributed by atoms with Crippen LogP contribution in [0, 0.1) is 13.8 Å². The number of hydrogen-bond acceptors (Lipinski definition) is 6. The van der Waals surface area contributed by atoms with Crippen molar-refractivity contribution in [2.75, 3.05) is 26.9 Å². The van der Waals surface area contributed by atoms with Gasteiger partial charge < -0.3 is 14.2 Å². The molecule has 2 aromatic carbocycles. The van der Waals surface area contributed by atoms with Gasteiger partial charge in [0, 0.05) is 11.6 Å². The number of benzene rings is 2. The van der Waals surface area contributed by atoms with E-state index in [0.29, 0.717) is 22.6 Å². The predicted molar refractivity (Wildman–Crippen MR) is 124 cm³/mol. The smallest absolute Gasteiger partial charge is 0.276 e. The number of nitrogens with one attached hydrogen (secondary N) is 3. The van der Waals surface area contributed by atoms with Gasteiger partial charge in [0.1, 0.15) is 18.1 Å². The fraction of sp³-hybridized carbons (Fsp3) is 0.286. The summed E-state index contributed by atoms with van der Waals surface area (Å²) in [5.41, 5.74) is 7.21. The number of carbonyl (C=O) groups is 2. The SMILES string of the molecule is COCCOc1ccc(Br)cc1C(=O)NC(=S)NNC(=O)COc1cc(C)cc(C)c1. The van der Waals surface area contributed by atoms with E-state index < -0.39 is 11.8 Å². The van der Waals surface area contributed by atoms with Crippen LogP contribution in [0.3, 0.4) is 0 Å². The number of carbonyl (C=O) groups excluding carboxylic acids is 2. The first kappa shape index (κ1) is 24.6. The zero-order valence-corrected chi connectivity index (χ0v) is 19.8. The second-order valence-corrected chi connectivity index (χ2v) is 7.87. The molecule has 2 rings (SSSR count). The average Bonchev–Trinajstić information content (AvgIpc) is 2.71. The van der Waals surface area contributed by atoms with Gasteiger partial charge in [0.25, 0.3) is 11.8 Å². The number of thiocarbonyl (C=S) groups is 1. The lowest BCUT2D eigenvalue weighted by molar-refractivity contribution is -0.123. The Balaban J connectivity index is 1.84. The molecular weight excluding hydrogens is 486 g/mol. The molecule has 0 fully saturated rings. The third kappa shape index (κ3) is 8.52. The monoisotopic (exact) mass is 509 g/mol. The topological polar surface area (TPSA) is 97.9 Å². The van der Waals surface area contributed by atoms with Crippen molar-refractivity contribution < 1.29 is 23.8 Å². The molecule has 8 nitrogen and oxygen atoms in total. The van der Waals surface area contributed by atoms with Gasteiger partial charge >= 0.3 is 0 Å². The van der Waals surface area contributed by atoms with Crippen molar-refractivity contribution in [1.82, 2.24) is 16.2 Å². The third-order valence-corrected chi connectivity index (χ3v) is 4.54. The van der Waals surface area contributed by atoms with E-state index in [1.165, 1.54) is 0 Å². The molecule has 2 aromatic rings. The molecular formula is C21H24BrN3O5S. The predicted octanol–water partition coefficient (Wildman–Crippen LogP) is 2.81. The van der Waals surface area contributed by atoms with Crippen molar-refractivity contribution >= 4 is 45.1 Å². The van der Waals surface area contributed by atoms with Crippen LogP contribution in [-0.4, -0.2) is 43.9 Å². The van der Waals surface area contributed by atoms with Crippen molar-refractivity contribution in [3.05, 3.63) is 57.6 Å². The van der Waals surface area contributed by atoms with Crippen molar-refractivity contribution in [2.24, 2.45) is 0 Å². The van der Waals surface area contributed by atoms with Gasteiger partial charge in [-0.3, -0.25) is 25.8 Å². The van der Waals surface area contributed by atoms with E-state index in [-0.39, 0.29) is 23.9 Å². The Morgan fingerprint density at radius 3 is 2.39 bits per heavy atom. The van der Waals surface area contributed by atoms with Crippen LogP contribution in [0.15, 0.2) is 40.9 Å². The second-order valence-electron chi connectivity index (χ2n) is 6.55. The van der Waals surface area contributed by atoms with Crippen LogP contribution in [0.25, 0.3) is 0 Å². The minimum absolute atomic E-state index is 0.0763. The van der Waals surface area contributed by atoms with Gasteiger partial charge in [-0.2, -0.15) is 0 Å². The molecule has 0 radical (unpaired) electrons. The van der Waals surface area contributed by atoms with Gasteiger partial charge in [0.15, 0.2) is 11.7 Å². The van der Waals surface area contributed by atoms with E-state index >= 15 is 0 Å². The Morgan fingerprint density at radius 2 is 1.71 bits per heavy atom. The van der Waals surface area contributed by atoms with Crippen LogP contribution in [0.5, 0.6) is 11.5 Å². The summed E-state index contributed by atoms with van der Waals surface area (Å²) in [6, 6.07) is 10.7. The molecule has 0 aliphatic carbocycles. The molecule has 0 aliphatic rings. The van der Waals surface area contributed by atoms with E-state index in [2.05, 4.69) is 32.1 Å². The molecule has 0 atom stereocenters. The standard InChI is InChI=1S/C21H24BrN3O5S/c1-13-8-14(2)10-16(9-13)30-12-19(26)24-25-21(31)23-20(27)17-11-15(22)4-5-18(17)29-7-6-28-3/h4-5,8-11H,6-7,12H2,1-3H3,(H,24,26)(H2,23,25,27,31). The molecule has 0 bridgehead atoms.